The lowest BCUT2D eigenvalue weighted by Crippen LogP contribution is -2.50. The average Bonchev–Trinajstić information content (AvgIpc) is 2.22. The van der Waals surface area contributed by atoms with Gasteiger partial charge in [-0.2, -0.15) is 0 Å². The first-order valence-electron chi connectivity index (χ1n) is 5.18. The van der Waals surface area contributed by atoms with Gasteiger partial charge in [-0.1, -0.05) is 11.6 Å². The van der Waals surface area contributed by atoms with E-state index in [9.17, 15) is 9.59 Å². The highest BCUT2D eigenvalue weighted by Crippen LogP contribution is 2.24. The first-order valence-corrected chi connectivity index (χ1v) is 5.56. The molecule has 1 amide bonds. The third-order valence-corrected chi connectivity index (χ3v) is 3.01. The van der Waals surface area contributed by atoms with Crippen LogP contribution in [0.1, 0.15) is 16.8 Å². The number of nitrogens with zero attached hydrogens (tertiary/aromatic N) is 2. The maximum atomic E-state index is 11.9. The molecule has 0 saturated carbocycles. The lowest BCUT2D eigenvalue weighted by molar-refractivity contribution is -0.139. The van der Waals surface area contributed by atoms with E-state index in [2.05, 4.69) is 4.98 Å². The van der Waals surface area contributed by atoms with Crippen LogP contribution in [-0.4, -0.2) is 40.0 Å². The van der Waals surface area contributed by atoms with Crippen LogP contribution in [0.15, 0.2) is 18.5 Å². The normalized spacial score (nSPS) is 15.5. The van der Waals surface area contributed by atoms with Crippen molar-refractivity contribution in [2.75, 3.05) is 13.1 Å². The van der Waals surface area contributed by atoms with Crippen LogP contribution < -0.4 is 0 Å². The summed E-state index contributed by atoms with van der Waals surface area (Å²) in [5.74, 6) is -0.944. The quantitative estimate of drug-likeness (QED) is 0.882. The first-order chi connectivity index (χ1) is 8.08. The number of aromatic nitrogens is 1. The lowest BCUT2D eigenvalue weighted by Gasteiger charge is -2.38. The predicted octanol–water partition coefficient (Wildman–Crippen LogP) is 1.28. The Morgan fingerprint density at radius 1 is 1.53 bits per heavy atom. The van der Waals surface area contributed by atoms with Gasteiger partial charge >= 0.3 is 5.97 Å². The minimum absolute atomic E-state index is 0.0528. The summed E-state index contributed by atoms with van der Waals surface area (Å²) >= 11 is 5.86. The number of carbonyl (C=O) groups is 2. The van der Waals surface area contributed by atoms with Crippen LogP contribution in [0.5, 0.6) is 0 Å². The van der Waals surface area contributed by atoms with Gasteiger partial charge in [-0.25, -0.2) is 0 Å². The Labute approximate surface area is 103 Å². The Hall–Kier alpha value is -1.62. The molecule has 0 aromatic carbocycles. The number of aliphatic carboxylic acids is 1. The average molecular weight is 255 g/mol. The van der Waals surface area contributed by atoms with E-state index in [4.69, 9.17) is 16.7 Å². The number of pyridine rings is 1. The molecule has 0 unspecified atom stereocenters. The minimum Gasteiger partial charge on any atom is -0.481 e. The zero-order valence-electron chi connectivity index (χ0n) is 8.97. The van der Waals surface area contributed by atoms with E-state index >= 15 is 0 Å². The van der Waals surface area contributed by atoms with Gasteiger partial charge in [0.2, 0.25) is 0 Å². The zero-order valence-corrected chi connectivity index (χ0v) is 9.72. The molecule has 1 N–H and O–H groups in total. The van der Waals surface area contributed by atoms with E-state index in [1.807, 2.05) is 0 Å². The van der Waals surface area contributed by atoms with Crippen molar-refractivity contribution >= 4 is 23.5 Å². The molecule has 2 heterocycles. The van der Waals surface area contributed by atoms with Gasteiger partial charge < -0.3 is 10.0 Å². The third-order valence-electron chi connectivity index (χ3n) is 2.71. The summed E-state index contributed by atoms with van der Waals surface area (Å²) in [4.78, 5) is 27.8. The summed E-state index contributed by atoms with van der Waals surface area (Å²) in [6.07, 6.45) is 3.03. The zero-order chi connectivity index (χ0) is 12.4. The fraction of sp³-hybridized carbons (Fsp3) is 0.364. The van der Waals surface area contributed by atoms with Crippen molar-refractivity contribution < 1.29 is 14.7 Å². The Bertz CT molecular complexity index is 458. The van der Waals surface area contributed by atoms with E-state index in [0.717, 1.165) is 0 Å². The lowest BCUT2D eigenvalue weighted by atomic mass is 9.95. The number of hydrogen-bond acceptors (Lipinski definition) is 3. The molecule has 6 heteroatoms. The number of likely N-dealkylation sites (tertiary alicyclic amines) is 1. The summed E-state index contributed by atoms with van der Waals surface area (Å²) in [6, 6.07) is 1.56. The number of halogens is 1. The highest BCUT2D eigenvalue weighted by Gasteiger charge is 2.33. The SMILES string of the molecule is O=C(O)CC1CN(C(=O)c2ccncc2Cl)C1. The fourth-order valence-electron chi connectivity index (χ4n) is 1.83. The Kier molecular flexibility index (Phi) is 3.28. The summed E-state index contributed by atoms with van der Waals surface area (Å²) in [6.45, 7) is 0.952. The van der Waals surface area contributed by atoms with E-state index in [1.54, 1.807) is 11.0 Å². The molecule has 1 aromatic heterocycles. The highest BCUT2D eigenvalue weighted by atomic mass is 35.5. The van der Waals surface area contributed by atoms with Gasteiger partial charge in [0.25, 0.3) is 5.91 Å². The summed E-state index contributed by atoms with van der Waals surface area (Å²) < 4.78 is 0. The van der Waals surface area contributed by atoms with Crippen LogP contribution in [0.25, 0.3) is 0 Å². The Morgan fingerprint density at radius 2 is 2.24 bits per heavy atom. The second-order valence-electron chi connectivity index (χ2n) is 4.03. The number of rotatable bonds is 3. The second kappa shape index (κ2) is 4.71. The van der Waals surface area contributed by atoms with Crippen molar-refractivity contribution in [1.29, 1.82) is 0 Å². The molecule has 1 saturated heterocycles. The van der Waals surface area contributed by atoms with Crippen LogP contribution in [0, 0.1) is 5.92 Å². The monoisotopic (exact) mass is 254 g/mol. The number of carbonyl (C=O) groups excluding carboxylic acids is 1. The molecule has 0 spiro atoms. The van der Waals surface area contributed by atoms with Crippen LogP contribution in [0.4, 0.5) is 0 Å². The van der Waals surface area contributed by atoms with Crippen LogP contribution in [0.2, 0.25) is 5.02 Å². The molecule has 0 bridgehead atoms. The molecule has 90 valence electrons. The number of carboxylic acids is 1. The molecule has 1 aliphatic heterocycles. The smallest absolute Gasteiger partial charge is 0.303 e. The van der Waals surface area contributed by atoms with Gasteiger partial charge in [0.1, 0.15) is 0 Å². The van der Waals surface area contributed by atoms with Crippen molar-refractivity contribution in [2.24, 2.45) is 5.92 Å². The molecule has 1 aromatic rings. The third kappa shape index (κ3) is 2.55. The van der Waals surface area contributed by atoms with Gasteiger partial charge in [0.15, 0.2) is 0 Å². The van der Waals surface area contributed by atoms with Gasteiger partial charge in [0.05, 0.1) is 17.0 Å². The molecule has 1 aliphatic rings. The minimum atomic E-state index is -0.830. The topological polar surface area (TPSA) is 70.5 Å². The maximum Gasteiger partial charge on any atom is 0.303 e. The van der Waals surface area contributed by atoms with Crippen LogP contribution in [0.3, 0.4) is 0 Å². The van der Waals surface area contributed by atoms with Gasteiger partial charge in [-0.3, -0.25) is 14.6 Å². The fourth-order valence-corrected chi connectivity index (χ4v) is 2.03. The number of carboxylic acid groups (broad SMARTS) is 1. The molecule has 5 nitrogen and oxygen atoms in total. The molecule has 1 fully saturated rings. The highest BCUT2D eigenvalue weighted by molar-refractivity contribution is 6.33. The van der Waals surface area contributed by atoms with Gasteiger partial charge in [-0.15, -0.1) is 0 Å². The van der Waals surface area contributed by atoms with Gasteiger partial charge in [-0.05, 0) is 6.07 Å². The first kappa shape index (κ1) is 11.9. The maximum absolute atomic E-state index is 11.9. The van der Waals surface area contributed by atoms with Crippen molar-refractivity contribution in [1.82, 2.24) is 9.88 Å². The molecule has 17 heavy (non-hydrogen) atoms. The van der Waals surface area contributed by atoms with E-state index in [0.29, 0.717) is 23.7 Å². The van der Waals surface area contributed by atoms with E-state index in [1.165, 1.54) is 12.4 Å². The molecular weight excluding hydrogens is 244 g/mol. The summed E-state index contributed by atoms with van der Waals surface area (Å²) in [5, 5.41) is 8.92. The van der Waals surface area contributed by atoms with Crippen molar-refractivity contribution in [3.05, 3.63) is 29.0 Å². The Balaban J connectivity index is 1.96. The Morgan fingerprint density at radius 3 is 2.82 bits per heavy atom. The molecule has 0 atom stereocenters. The van der Waals surface area contributed by atoms with Crippen molar-refractivity contribution in [3.63, 3.8) is 0 Å². The second-order valence-corrected chi connectivity index (χ2v) is 4.44. The van der Waals surface area contributed by atoms with Crippen LogP contribution in [-0.2, 0) is 4.79 Å². The summed E-state index contributed by atoms with van der Waals surface area (Å²) in [5.41, 5.74) is 0.412. The summed E-state index contributed by atoms with van der Waals surface area (Å²) in [7, 11) is 0. The van der Waals surface area contributed by atoms with Crippen molar-refractivity contribution in [3.8, 4) is 0 Å². The molecule has 0 radical (unpaired) electrons. The predicted molar refractivity (Wildman–Crippen MR) is 60.9 cm³/mol. The van der Waals surface area contributed by atoms with Crippen molar-refractivity contribution in [2.45, 2.75) is 6.42 Å². The molecule has 2 rings (SSSR count). The standard InChI is InChI=1S/C11H11ClN2O3/c12-9-4-13-2-1-8(9)11(17)14-5-7(6-14)3-10(15)16/h1-2,4,7H,3,5-6H2,(H,15,16). The molecular formula is C11H11ClN2O3. The van der Waals surface area contributed by atoms with Gasteiger partial charge in [0, 0.05) is 31.4 Å². The van der Waals surface area contributed by atoms with E-state index < -0.39 is 5.97 Å². The van der Waals surface area contributed by atoms with Crippen LogP contribution >= 0.6 is 11.6 Å². The number of hydrogen-bond donors (Lipinski definition) is 1. The van der Waals surface area contributed by atoms with E-state index in [-0.39, 0.29) is 18.2 Å². The largest absolute Gasteiger partial charge is 0.481 e. The molecule has 0 aliphatic carbocycles. The number of amides is 1.